The fraction of sp³-hybridized carbons (Fsp3) is 0.263. The maximum absolute atomic E-state index is 12.2. The van der Waals surface area contributed by atoms with Crippen molar-refractivity contribution in [3.8, 4) is 5.75 Å². The highest BCUT2D eigenvalue weighted by molar-refractivity contribution is 6.01. The van der Waals surface area contributed by atoms with E-state index in [4.69, 9.17) is 4.74 Å². The van der Waals surface area contributed by atoms with Crippen molar-refractivity contribution in [1.29, 1.82) is 0 Å². The lowest BCUT2D eigenvalue weighted by atomic mass is 10.1. The molecule has 2 amide bonds. The lowest BCUT2D eigenvalue weighted by Crippen LogP contribution is -2.41. The summed E-state index contributed by atoms with van der Waals surface area (Å²) in [4.78, 5) is 34.7. The lowest BCUT2D eigenvalue weighted by Gasteiger charge is -2.10. The van der Waals surface area contributed by atoms with Gasteiger partial charge in [-0.3, -0.25) is 30.6 Å². The van der Waals surface area contributed by atoms with Crippen LogP contribution < -0.4 is 15.6 Å². The average molecular weight is 371 g/mol. The van der Waals surface area contributed by atoms with Gasteiger partial charge in [0.2, 0.25) is 0 Å². The summed E-state index contributed by atoms with van der Waals surface area (Å²) in [5.41, 5.74) is 4.24. The number of ether oxygens (including phenoxy) is 1. The molecular weight excluding hydrogens is 350 g/mol. The van der Waals surface area contributed by atoms with Crippen LogP contribution in [0.4, 0.5) is 5.69 Å². The highest BCUT2D eigenvalue weighted by Gasteiger charge is 2.19. The third kappa shape index (κ3) is 5.81. The molecule has 2 aromatic rings. The van der Waals surface area contributed by atoms with Crippen LogP contribution in [0.25, 0.3) is 0 Å². The number of carbonyl (C=O) groups is 2. The number of amides is 2. The number of hydrogen-bond acceptors (Lipinski definition) is 5. The first-order valence-corrected chi connectivity index (χ1v) is 8.45. The van der Waals surface area contributed by atoms with Crippen LogP contribution in [-0.4, -0.2) is 23.3 Å². The molecule has 0 heterocycles. The van der Waals surface area contributed by atoms with Gasteiger partial charge in [-0.25, -0.2) is 0 Å². The number of carbonyl (C=O) groups excluding carboxylic acids is 2. The molecule has 0 radical (unpaired) electrons. The molecule has 142 valence electrons. The standard InChI is InChI=1S/C19H21N3O5/c1-13(2)10-11-27-15-7-5-6-14(12-15)18(23)20-21-19(24)16-8-3-4-9-17(16)22(25)26/h3-9,12-13H,10-11H2,1-2H3,(H,20,23)(H,21,24). The normalized spacial score (nSPS) is 10.3. The first-order valence-electron chi connectivity index (χ1n) is 8.45. The van der Waals surface area contributed by atoms with Crippen LogP contribution in [-0.2, 0) is 0 Å². The average Bonchev–Trinajstić information content (AvgIpc) is 2.65. The molecule has 0 saturated carbocycles. The number of nitrogens with zero attached hydrogens (tertiary/aromatic N) is 1. The van der Waals surface area contributed by atoms with Gasteiger partial charge < -0.3 is 4.74 Å². The van der Waals surface area contributed by atoms with E-state index in [1.165, 1.54) is 24.3 Å². The molecule has 0 bridgehead atoms. The van der Waals surface area contributed by atoms with E-state index in [0.29, 0.717) is 23.8 Å². The Balaban J connectivity index is 1.98. The molecule has 0 unspecified atom stereocenters. The van der Waals surface area contributed by atoms with Crippen LogP contribution >= 0.6 is 0 Å². The van der Waals surface area contributed by atoms with Crippen LogP contribution in [0.5, 0.6) is 5.75 Å². The molecule has 2 N–H and O–H groups in total. The number of nitro benzene ring substituents is 1. The van der Waals surface area contributed by atoms with Crippen molar-refractivity contribution in [2.45, 2.75) is 20.3 Å². The first-order chi connectivity index (χ1) is 12.9. The van der Waals surface area contributed by atoms with E-state index in [0.717, 1.165) is 6.42 Å². The minimum Gasteiger partial charge on any atom is -0.494 e. The smallest absolute Gasteiger partial charge is 0.282 e. The Morgan fingerprint density at radius 3 is 2.48 bits per heavy atom. The van der Waals surface area contributed by atoms with Gasteiger partial charge in [-0.1, -0.05) is 32.0 Å². The van der Waals surface area contributed by atoms with E-state index in [1.807, 2.05) is 0 Å². The number of nitrogens with one attached hydrogen (secondary N) is 2. The maximum Gasteiger partial charge on any atom is 0.282 e. The van der Waals surface area contributed by atoms with Crippen molar-refractivity contribution >= 4 is 17.5 Å². The van der Waals surface area contributed by atoms with Gasteiger partial charge in [0.05, 0.1) is 11.5 Å². The number of nitro groups is 1. The molecule has 0 aliphatic heterocycles. The maximum atomic E-state index is 12.2. The summed E-state index contributed by atoms with van der Waals surface area (Å²) in [5, 5.41) is 11.0. The second-order valence-corrected chi connectivity index (χ2v) is 6.24. The third-order valence-corrected chi connectivity index (χ3v) is 3.70. The molecule has 0 atom stereocenters. The summed E-state index contributed by atoms with van der Waals surface area (Å²) in [6, 6.07) is 12.0. The van der Waals surface area contributed by atoms with Crippen molar-refractivity contribution in [3.63, 3.8) is 0 Å². The molecule has 2 aromatic carbocycles. The van der Waals surface area contributed by atoms with E-state index < -0.39 is 16.7 Å². The Morgan fingerprint density at radius 1 is 1.07 bits per heavy atom. The van der Waals surface area contributed by atoms with Crippen molar-refractivity contribution in [3.05, 3.63) is 69.8 Å². The van der Waals surface area contributed by atoms with Crippen molar-refractivity contribution < 1.29 is 19.2 Å². The zero-order chi connectivity index (χ0) is 19.8. The van der Waals surface area contributed by atoms with Crippen LogP contribution in [0.15, 0.2) is 48.5 Å². The second-order valence-electron chi connectivity index (χ2n) is 6.24. The monoisotopic (exact) mass is 371 g/mol. The number of hydrazine groups is 1. The largest absolute Gasteiger partial charge is 0.494 e. The van der Waals surface area contributed by atoms with E-state index in [9.17, 15) is 19.7 Å². The van der Waals surface area contributed by atoms with Gasteiger partial charge in [-0.05, 0) is 36.6 Å². The number of rotatable bonds is 7. The lowest BCUT2D eigenvalue weighted by molar-refractivity contribution is -0.385. The minimum absolute atomic E-state index is 0.145. The van der Waals surface area contributed by atoms with Crippen molar-refractivity contribution in [2.24, 2.45) is 5.92 Å². The fourth-order valence-electron chi connectivity index (χ4n) is 2.22. The molecule has 0 fully saturated rings. The van der Waals surface area contributed by atoms with E-state index in [-0.39, 0.29) is 11.3 Å². The Kier molecular flexibility index (Phi) is 6.87. The topological polar surface area (TPSA) is 111 Å². The summed E-state index contributed by atoms with van der Waals surface area (Å²) in [6.45, 7) is 4.72. The second kappa shape index (κ2) is 9.33. The fourth-order valence-corrected chi connectivity index (χ4v) is 2.22. The predicted octanol–water partition coefficient (Wildman–Crippen LogP) is 3.09. The van der Waals surface area contributed by atoms with Crippen LogP contribution in [0.1, 0.15) is 41.0 Å². The van der Waals surface area contributed by atoms with Gasteiger partial charge in [0, 0.05) is 11.6 Å². The summed E-state index contributed by atoms with van der Waals surface area (Å²) in [6.07, 6.45) is 0.891. The molecule has 8 nitrogen and oxygen atoms in total. The highest BCUT2D eigenvalue weighted by atomic mass is 16.6. The Morgan fingerprint density at radius 2 is 1.78 bits per heavy atom. The SMILES string of the molecule is CC(C)CCOc1cccc(C(=O)NNC(=O)c2ccccc2[N+](=O)[O-])c1. The highest BCUT2D eigenvalue weighted by Crippen LogP contribution is 2.17. The van der Waals surface area contributed by atoms with E-state index in [2.05, 4.69) is 24.7 Å². The molecule has 0 aliphatic carbocycles. The summed E-state index contributed by atoms with van der Waals surface area (Å²) in [7, 11) is 0. The van der Waals surface area contributed by atoms with Gasteiger partial charge in [0.15, 0.2) is 0 Å². The zero-order valence-corrected chi connectivity index (χ0v) is 15.1. The van der Waals surface area contributed by atoms with Crippen molar-refractivity contribution in [1.82, 2.24) is 10.9 Å². The Labute approximate surface area is 156 Å². The number of benzene rings is 2. The minimum atomic E-state index is -0.778. The molecular formula is C19H21N3O5. The Bertz CT molecular complexity index is 836. The molecule has 0 aromatic heterocycles. The first kappa shape index (κ1) is 19.9. The molecule has 0 spiro atoms. The van der Waals surface area contributed by atoms with Gasteiger partial charge >= 0.3 is 0 Å². The van der Waals surface area contributed by atoms with Gasteiger partial charge in [0.1, 0.15) is 11.3 Å². The third-order valence-electron chi connectivity index (χ3n) is 3.70. The summed E-state index contributed by atoms with van der Waals surface area (Å²) >= 11 is 0. The summed E-state index contributed by atoms with van der Waals surface area (Å²) in [5.74, 6) is -0.279. The summed E-state index contributed by atoms with van der Waals surface area (Å²) < 4.78 is 5.60. The molecule has 2 rings (SSSR count). The van der Waals surface area contributed by atoms with Gasteiger partial charge in [-0.2, -0.15) is 0 Å². The molecule has 0 saturated heterocycles. The van der Waals surface area contributed by atoms with Gasteiger partial charge in [0.25, 0.3) is 17.5 Å². The number of para-hydroxylation sites is 1. The molecule has 8 heteroatoms. The van der Waals surface area contributed by atoms with Crippen molar-refractivity contribution in [2.75, 3.05) is 6.61 Å². The van der Waals surface area contributed by atoms with Crippen LogP contribution in [0, 0.1) is 16.0 Å². The predicted molar refractivity (Wildman–Crippen MR) is 99.4 cm³/mol. The quantitative estimate of drug-likeness (QED) is 0.574. The number of hydrogen-bond donors (Lipinski definition) is 2. The van der Waals surface area contributed by atoms with E-state index in [1.54, 1.807) is 24.3 Å². The molecule has 27 heavy (non-hydrogen) atoms. The van der Waals surface area contributed by atoms with Crippen LogP contribution in [0.2, 0.25) is 0 Å². The van der Waals surface area contributed by atoms with Gasteiger partial charge in [-0.15, -0.1) is 0 Å². The van der Waals surface area contributed by atoms with Crippen LogP contribution in [0.3, 0.4) is 0 Å². The molecule has 0 aliphatic rings. The van der Waals surface area contributed by atoms with E-state index >= 15 is 0 Å². The zero-order valence-electron chi connectivity index (χ0n) is 15.1. The Hall–Kier alpha value is -3.42.